The summed E-state index contributed by atoms with van der Waals surface area (Å²) in [7, 11) is 0. The third-order valence-corrected chi connectivity index (χ3v) is 5.15. The summed E-state index contributed by atoms with van der Waals surface area (Å²) in [4.78, 5) is 17.4. The van der Waals surface area contributed by atoms with Gasteiger partial charge in [-0.15, -0.1) is 11.8 Å². The molecule has 0 spiro atoms. The Bertz CT molecular complexity index is 1030. The van der Waals surface area contributed by atoms with Crippen LogP contribution in [0.4, 0.5) is 18.9 Å². The molecule has 1 amide bonds. The molecule has 29 heavy (non-hydrogen) atoms. The van der Waals surface area contributed by atoms with Crippen LogP contribution in [0.1, 0.15) is 22.5 Å². The summed E-state index contributed by atoms with van der Waals surface area (Å²) >= 11 is 1.58. The Hall–Kier alpha value is -2.81. The highest BCUT2D eigenvalue weighted by molar-refractivity contribution is 7.98. The normalized spacial score (nSPS) is 11.5. The fourth-order valence-electron chi connectivity index (χ4n) is 2.90. The van der Waals surface area contributed by atoms with Crippen LogP contribution in [-0.4, -0.2) is 26.9 Å². The van der Waals surface area contributed by atoms with E-state index in [9.17, 15) is 18.0 Å². The van der Waals surface area contributed by atoms with Crippen LogP contribution in [0.5, 0.6) is 0 Å². The SMILES string of the molecule is CSc1cccc(NC(=O)Cc2c(C)nn(-c3ccc(C(F)(F)F)cn3)c2C)c1. The fourth-order valence-corrected chi connectivity index (χ4v) is 3.36. The average molecular weight is 420 g/mol. The van der Waals surface area contributed by atoms with Gasteiger partial charge >= 0.3 is 6.18 Å². The van der Waals surface area contributed by atoms with E-state index < -0.39 is 11.7 Å². The molecule has 3 rings (SSSR count). The van der Waals surface area contributed by atoms with E-state index in [0.717, 1.165) is 17.2 Å². The largest absolute Gasteiger partial charge is 0.417 e. The molecule has 0 fully saturated rings. The number of anilines is 1. The van der Waals surface area contributed by atoms with Crippen LogP contribution in [0.15, 0.2) is 47.5 Å². The molecule has 1 aromatic carbocycles. The predicted molar refractivity (Wildman–Crippen MR) is 106 cm³/mol. The van der Waals surface area contributed by atoms with E-state index in [1.165, 1.54) is 10.7 Å². The van der Waals surface area contributed by atoms with E-state index in [1.807, 2.05) is 30.5 Å². The van der Waals surface area contributed by atoms with Crippen LogP contribution in [-0.2, 0) is 17.4 Å². The Morgan fingerprint density at radius 2 is 1.97 bits per heavy atom. The maximum absolute atomic E-state index is 12.7. The number of nitrogens with one attached hydrogen (secondary N) is 1. The molecular formula is C20H19F3N4OS. The van der Waals surface area contributed by atoms with Crippen LogP contribution in [0, 0.1) is 13.8 Å². The van der Waals surface area contributed by atoms with Crippen molar-refractivity contribution in [3.8, 4) is 5.82 Å². The Kier molecular flexibility index (Phi) is 5.97. The topological polar surface area (TPSA) is 59.8 Å². The van der Waals surface area contributed by atoms with Gasteiger partial charge in [0, 0.05) is 28.0 Å². The molecule has 0 saturated carbocycles. The lowest BCUT2D eigenvalue weighted by molar-refractivity contribution is -0.137. The zero-order valence-corrected chi connectivity index (χ0v) is 16.9. The molecule has 2 heterocycles. The Morgan fingerprint density at radius 3 is 2.59 bits per heavy atom. The van der Waals surface area contributed by atoms with Crippen LogP contribution >= 0.6 is 11.8 Å². The molecule has 0 aliphatic rings. The average Bonchev–Trinajstić information content (AvgIpc) is 2.95. The lowest BCUT2D eigenvalue weighted by Gasteiger charge is -2.09. The van der Waals surface area contributed by atoms with E-state index >= 15 is 0 Å². The first-order valence-corrected chi connectivity index (χ1v) is 9.94. The minimum atomic E-state index is -4.45. The van der Waals surface area contributed by atoms with Gasteiger partial charge in [0.15, 0.2) is 5.82 Å². The van der Waals surface area contributed by atoms with Gasteiger partial charge in [0.2, 0.25) is 5.91 Å². The number of hydrogen-bond donors (Lipinski definition) is 1. The number of alkyl halides is 3. The minimum Gasteiger partial charge on any atom is -0.326 e. The number of amides is 1. The highest BCUT2D eigenvalue weighted by Gasteiger charge is 2.30. The van der Waals surface area contributed by atoms with Crippen molar-refractivity contribution in [1.82, 2.24) is 14.8 Å². The number of nitrogens with zero attached hydrogens (tertiary/aromatic N) is 3. The van der Waals surface area contributed by atoms with E-state index in [4.69, 9.17) is 0 Å². The number of carbonyl (C=O) groups is 1. The Morgan fingerprint density at radius 1 is 1.21 bits per heavy atom. The summed E-state index contributed by atoms with van der Waals surface area (Å²) in [5.74, 6) is 0.0623. The molecular weight excluding hydrogens is 401 g/mol. The zero-order valence-electron chi connectivity index (χ0n) is 16.0. The molecule has 3 aromatic rings. The molecule has 152 valence electrons. The minimum absolute atomic E-state index is 0.0990. The molecule has 0 atom stereocenters. The maximum Gasteiger partial charge on any atom is 0.417 e. The van der Waals surface area contributed by atoms with E-state index in [-0.39, 0.29) is 18.1 Å². The molecule has 9 heteroatoms. The van der Waals surface area contributed by atoms with Crippen molar-refractivity contribution in [3.05, 3.63) is 65.1 Å². The monoisotopic (exact) mass is 420 g/mol. The first-order valence-electron chi connectivity index (χ1n) is 8.71. The molecule has 0 aliphatic carbocycles. The van der Waals surface area contributed by atoms with E-state index in [1.54, 1.807) is 25.6 Å². The molecule has 5 nitrogen and oxygen atoms in total. The van der Waals surface area contributed by atoms with Crippen molar-refractivity contribution >= 4 is 23.4 Å². The number of pyridine rings is 1. The van der Waals surface area contributed by atoms with Crippen molar-refractivity contribution in [2.24, 2.45) is 0 Å². The third-order valence-electron chi connectivity index (χ3n) is 4.42. The van der Waals surface area contributed by atoms with Gasteiger partial charge in [-0.05, 0) is 50.4 Å². The van der Waals surface area contributed by atoms with Crippen LogP contribution in [0.2, 0.25) is 0 Å². The van der Waals surface area contributed by atoms with Gasteiger partial charge in [-0.1, -0.05) is 6.07 Å². The number of thioether (sulfide) groups is 1. The van der Waals surface area contributed by atoms with Gasteiger partial charge in [0.05, 0.1) is 17.7 Å². The fraction of sp³-hybridized carbons (Fsp3) is 0.250. The predicted octanol–water partition coefficient (Wildman–Crippen LogP) is 4.81. The van der Waals surface area contributed by atoms with Crippen molar-refractivity contribution in [2.45, 2.75) is 31.3 Å². The third kappa shape index (κ3) is 4.79. The molecule has 0 aliphatic heterocycles. The number of halogens is 3. The number of hydrogen-bond acceptors (Lipinski definition) is 4. The number of rotatable bonds is 5. The molecule has 0 saturated heterocycles. The molecule has 2 aromatic heterocycles. The first-order chi connectivity index (χ1) is 13.7. The van der Waals surface area contributed by atoms with Crippen molar-refractivity contribution in [2.75, 3.05) is 11.6 Å². The molecule has 1 N–H and O–H groups in total. The highest BCUT2D eigenvalue weighted by Crippen LogP contribution is 2.29. The smallest absolute Gasteiger partial charge is 0.326 e. The lowest BCUT2D eigenvalue weighted by atomic mass is 10.1. The maximum atomic E-state index is 12.7. The van der Waals surface area contributed by atoms with Crippen LogP contribution < -0.4 is 5.32 Å². The Balaban J connectivity index is 1.79. The van der Waals surface area contributed by atoms with Crippen LogP contribution in [0.25, 0.3) is 5.82 Å². The summed E-state index contributed by atoms with van der Waals surface area (Å²) in [6, 6.07) is 9.75. The van der Waals surface area contributed by atoms with Crippen molar-refractivity contribution in [3.63, 3.8) is 0 Å². The van der Waals surface area contributed by atoms with E-state index in [2.05, 4.69) is 15.4 Å². The van der Waals surface area contributed by atoms with Gasteiger partial charge in [-0.2, -0.15) is 18.3 Å². The molecule has 0 unspecified atom stereocenters. The van der Waals surface area contributed by atoms with Crippen molar-refractivity contribution in [1.29, 1.82) is 0 Å². The van der Waals surface area contributed by atoms with Crippen molar-refractivity contribution < 1.29 is 18.0 Å². The van der Waals surface area contributed by atoms with Gasteiger partial charge in [0.1, 0.15) is 0 Å². The van der Waals surface area contributed by atoms with Gasteiger partial charge < -0.3 is 5.32 Å². The van der Waals surface area contributed by atoms with Gasteiger partial charge in [0.25, 0.3) is 0 Å². The zero-order chi connectivity index (χ0) is 21.2. The summed E-state index contributed by atoms with van der Waals surface area (Å²) in [5, 5.41) is 7.21. The summed E-state index contributed by atoms with van der Waals surface area (Å²) < 4.78 is 39.6. The summed E-state index contributed by atoms with van der Waals surface area (Å²) in [5.41, 5.74) is 1.87. The quantitative estimate of drug-likeness (QED) is 0.602. The summed E-state index contributed by atoms with van der Waals surface area (Å²) in [6.45, 7) is 3.51. The second-order valence-electron chi connectivity index (χ2n) is 6.42. The van der Waals surface area contributed by atoms with E-state index in [0.29, 0.717) is 22.6 Å². The second kappa shape index (κ2) is 8.28. The molecule has 0 bridgehead atoms. The van der Waals surface area contributed by atoms with Gasteiger partial charge in [-0.25, -0.2) is 9.67 Å². The van der Waals surface area contributed by atoms with Crippen LogP contribution in [0.3, 0.4) is 0 Å². The number of aromatic nitrogens is 3. The lowest BCUT2D eigenvalue weighted by Crippen LogP contribution is -2.15. The number of aryl methyl sites for hydroxylation is 1. The van der Waals surface area contributed by atoms with Gasteiger partial charge in [-0.3, -0.25) is 4.79 Å². The second-order valence-corrected chi connectivity index (χ2v) is 7.30. The highest BCUT2D eigenvalue weighted by atomic mass is 32.2. The first kappa shape index (κ1) is 20.9. The number of benzene rings is 1. The number of carbonyl (C=O) groups excluding carboxylic acids is 1. The standard InChI is InChI=1S/C20H19F3N4OS/c1-12-17(10-19(28)25-15-5-4-6-16(9-15)29-3)13(2)27(26-12)18-8-7-14(11-24-18)20(21,22)23/h4-9,11H,10H2,1-3H3,(H,25,28). The Labute approximate surface area is 170 Å². The summed E-state index contributed by atoms with van der Waals surface area (Å²) in [6.07, 6.45) is -1.62. The molecule has 0 radical (unpaired) electrons.